The Labute approximate surface area is 112 Å². The van der Waals surface area contributed by atoms with Gasteiger partial charge in [0.05, 0.1) is 16.6 Å². The first kappa shape index (κ1) is 12.4. The Morgan fingerprint density at radius 3 is 2.60 bits per heavy atom. The number of aromatic nitrogens is 3. The van der Waals surface area contributed by atoms with Crippen LogP contribution in [0.5, 0.6) is 0 Å². The molecule has 2 aromatic heterocycles. The van der Waals surface area contributed by atoms with E-state index >= 15 is 0 Å². The maximum atomic E-state index is 13.9. The summed E-state index contributed by atoms with van der Waals surface area (Å²) in [5.74, 6) is -0.473. The Hall–Kier alpha value is -2.63. The number of fused-ring (bicyclic) bond motifs is 1. The number of nitrogens with one attached hydrogen (secondary N) is 1. The van der Waals surface area contributed by atoms with Gasteiger partial charge in [0.25, 0.3) is 11.1 Å². The second-order valence-corrected chi connectivity index (χ2v) is 4.61. The van der Waals surface area contributed by atoms with Crippen molar-refractivity contribution in [2.24, 2.45) is 7.05 Å². The molecule has 0 aliphatic heterocycles. The maximum Gasteiger partial charge on any atom is 0.274 e. The summed E-state index contributed by atoms with van der Waals surface area (Å²) in [6.07, 6.45) is 0. The number of hydrogen-bond acceptors (Lipinski definition) is 2. The zero-order valence-corrected chi connectivity index (χ0v) is 11.0. The monoisotopic (exact) mass is 273 g/mol. The first-order valence-electron chi connectivity index (χ1n) is 6.07. The highest BCUT2D eigenvalue weighted by molar-refractivity contribution is 5.82. The average molecular weight is 273 g/mol. The van der Waals surface area contributed by atoms with Crippen molar-refractivity contribution in [2.45, 2.75) is 6.92 Å². The van der Waals surface area contributed by atoms with Gasteiger partial charge in [0.1, 0.15) is 5.82 Å². The molecule has 102 valence electrons. The number of aryl methyl sites for hydroxylation is 1. The van der Waals surface area contributed by atoms with Gasteiger partial charge >= 0.3 is 0 Å². The molecule has 0 unspecified atom stereocenters. The van der Waals surface area contributed by atoms with E-state index in [-0.39, 0.29) is 16.8 Å². The minimum absolute atomic E-state index is 0.201. The van der Waals surface area contributed by atoms with Crippen molar-refractivity contribution >= 4 is 10.9 Å². The van der Waals surface area contributed by atoms with Gasteiger partial charge in [-0.3, -0.25) is 14.7 Å². The molecule has 5 nitrogen and oxygen atoms in total. The summed E-state index contributed by atoms with van der Waals surface area (Å²) in [6, 6.07) is 7.39. The summed E-state index contributed by atoms with van der Waals surface area (Å²) in [4.78, 5) is 23.9. The van der Waals surface area contributed by atoms with Crippen LogP contribution in [0.4, 0.5) is 4.39 Å². The van der Waals surface area contributed by atoms with Gasteiger partial charge in [0.15, 0.2) is 0 Å². The van der Waals surface area contributed by atoms with Crippen LogP contribution in [0.25, 0.3) is 16.6 Å². The molecule has 0 aliphatic carbocycles. The Kier molecular flexibility index (Phi) is 2.60. The molecule has 0 aliphatic rings. The quantitative estimate of drug-likeness (QED) is 0.729. The van der Waals surface area contributed by atoms with Crippen LogP contribution in [0.1, 0.15) is 5.69 Å². The average Bonchev–Trinajstić information content (AvgIpc) is 2.73. The van der Waals surface area contributed by atoms with Crippen LogP contribution in [0.15, 0.2) is 39.9 Å². The zero-order valence-electron chi connectivity index (χ0n) is 11.0. The van der Waals surface area contributed by atoms with Crippen molar-refractivity contribution < 1.29 is 4.39 Å². The molecular weight excluding hydrogens is 261 g/mol. The SMILES string of the molecule is Cc1c2c(=O)[nH]n(-c3ccccc3F)c2cc(=O)n1C. The standard InChI is InChI=1S/C14H12FN3O2/c1-8-13-11(7-12(19)17(8)2)18(16-14(13)20)10-6-4-3-5-9(10)15/h3-7H,1-2H3,(H,16,20). The van der Waals surface area contributed by atoms with Gasteiger partial charge in [0.2, 0.25) is 0 Å². The van der Waals surface area contributed by atoms with Crippen LogP contribution < -0.4 is 11.1 Å². The highest BCUT2D eigenvalue weighted by atomic mass is 19.1. The van der Waals surface area contributed by atoms with E-state index in [0.717, 1.165) is 0 Å². The van der Waals surface area contributed by atoms with Crippen molar-refractivity contribution in [3.8, 4) is 5.69 Å². The fraction of sp³-hybridized carbons (Fsp3) is 0.143. The van der Waals surface area contributed by atoms with Crippen LogP contribution in [0.3, 0.4) is 0 Å². The third-order valence-corrected chi connectivity index (χ3v) is 3.49. The lowest BCUT2D eigenvalue weighted by Gasteiger charge is -2.07. The van der Waals surface area contributed by atoms with Gasteiger partial charge in [-0.05, 0) is 19.1 Å². The number of aromatic amines is 1. The third-order valence-electron chi connectivity index (χ3n) is 3.49. The molecule has 6 heteroatoms. The Morgan fingerprint density at radius 1 is 1.20 bits per heavy atom. The molecule has 0 fully saturated rings. The third kappa shape index (κ3) is 1.61. The van der Waals surface area contributed by atoms with E-state index < -0.39 is 5.82 Å². The molecule has 3 rings (SSSR count). The Morgan fingerprint density at radius 2 is 1.90 bits per heavy atom. The fourth-order valence-electron chi connectivity index (χ4n) is 2.30. The van der Waals surface area contributed by atoms with E-state index in [4.69, 9.17) is 0 Å². The van der Waals surface area contributed by atoms with Crippen LogP contribution in [-0.2, 0) is 7.05 Å². The summed E-state index contributed by atoms with van der Waals surface area (Å²) >= 11 is 0. The van der Waals surface area contributed by atoms with Gasteiger partial charge in [0, 0.05) is 18.8 Å². The van der Waals surface area contributed by atoms with Gasteiger partial charge in [-0.25, -0.2) is 9.07 Å². The Bertz CT molecular complexity index is 934. The van der Waals surface area contributed by atoms with Crippen molar-refractivity contribution in [1.82, 2.24) is 14.3 Å². The molecular formula is C14H12FN3O2. The van der Waals surface area contributed by atoms with Crippen LogP contribution in [0, 0.1) is 12.7 Å². The molecule has 20 heavy (non-hydrogen) atoms. The molecule has 1 N–H and O–H groups in total. The molecule has 0 amide bonds. The van der Waals surface area contributed by atoms with E-state index in [1.54, 1.807) is 26.1 Å². The van der Waals surface area contributed by atoms with Crippen molar-refractivity contribution in [3.05, 3.63) is 62.6 Å². The predicted octanol–water partition coefficient (Wildman–Crippen LogP) is 1.47. The molecule has 2 heterocycles. The second-order valence-electron chi connectivity index (χ2n) is 4.61. The normalized spacial score (nSPS) is 11.2. The smallest absolute Gasteiger partial charge is 0.274 e. The number of para-hydroxylation sites is 1. The summed E-state index contributed by atoms with van der Waals surface area (Å²) < 4.78 is 16.6. The molecule has 0 radical (unpaired) electrons. The van der Waals surface area contributed by atoms with Crippen molar-refractivity contribution in [2.75, 3.05) is 0 Å². The summed E-state index contributed by atoms with van der Waals surface area (Å²) in [5.41, 5.74) is 0.521. The first-order chi connectivity index (χ1) is 9.50. The van der Waals surface area contributed by atoms with Crippen LogP contribution in [0.2, 0.25) is 0 Å². The van der Waals surface area contributed by atoms with Crippen molar-refractivity contribution in [3.63, 3.8) is 0 Å². The Balaban J connectivity index is 2.49. The largest absolute Gasteiger partial charge is 0.315 e. The number of pyridine rings is 1. The summed E-state index contributed by atoms with van der Waals surface area (Å²) in [7, 11) is 1.59. The number of benzene rings is 1. The van der Waals surface area contributed by atoms with Crippen LogP contribution in [-0.4, -0.2) is 14.3 Å². The number of H-pyrrole nitrogens is 1. The van der Waals surface area contributed by atoms with Gasteiger partial charge in [-0.15, -0.1) is 0 Å². The molecule has 0 atom stereocenters. The fourth-order valence-corrected chi connectivity index (χ4v) is 2.30. The van der Waals surface area contributed by atoms with Crippen LogP contribution >= 0.6 is 0 Å². The summed E-state index contributed by atoms with van der Waals surface area (Å²) in [6.45, 7) is 1.69. The van der Waals surface area contributed by atoms with Gasteiger partial charge in [-0.2, -0.15) is 0 Å². The molecule has 1 aromatic carbocycles. The lowest BCUT2D eigenvalue weighted by Crippen LogP contribution is -2.19. The van der Waals surface area contributed by atoms with E-state index in [0.29, 0.717) is 16.6 Å². The maximum absolute atomic E-state index is 13.9. The van der Waals surface area contributed by atoms with Crippen molar-refractivity contribution in [1.29, 1.82) is 0 Å². The highest BCUT2D eigenvalue weighted by Crippen LogP contribution is 2.18. The predicted molar refractivity (Wildman–Crippen MR) is 73.8 cm³/mol. The zero-order chi connectivity index (χ0) is 14.4. The number of rotatable bonds is 1. The van der Waals surface area contributed by atoms with Gasteiger partial charge < -0.3 is 4.57 Å². The first-order valence-corrected chi connectivity index (χ1v) is 6.07. The number of nitrogens with zero attached hydrogens (tertiary/aromatic N) is 2. The molecule has 3 aromatic rings. The number of hydrogen-bond donors (Lipinski definition) is 1. The lowest BCUT2D eigenvalue weighted by atomic mass is 10.2. The van der Waals surface area contributed by atoms with E-state index in [2.05, 4.69) is 5.10 Å². The summed E-state index contributed by atoms with van der Waals surface area (Å²) in [5, 5.41) is 2.96. The highest BCUT2D eigenvalue weighted by Gasteiger charge is 2.15. The van der Waals surface area contributed by atoms with Gasteiger partial charge in [-0.1, -0.05) is 12.1 Å². The molecule has 0 spiro atoms. The molecule has 0 saturated carbocycles. The minimum atomic E-state index is -0.473. The topological polar surface area (TPSA) is 59.8 Å². The lowest BCUT2D eigenvalue weighted by molar-refractivity contribution is 0.612. The molecule has 0 saturated heterocycles. The number of halogens is 1. The van der Waals surface area contributed by atoms with E-state index in [9.17, 15) is 14.0 Å². The van der Waals surface area contributed by atoms with E-state index in [1.165, 1.54) is 27.4 Å². The molecule has 0 bridgehead atoms. The van der Waals surface area contributed by atoms with E-state index in [1.807, 2.05) is 0 Å². The second kappa shape index (κ2) is 4.19. The minimum Gasteiger partial charge on any atom is -0.315 e.